The number of thiazole rings is 1. The number of amides is 1. The molecule has 0 atom stereocenters. The molecule has 0 saturated carbocycles. The molecule has 0 unspecified atom stereocenters. The number of benzene rings is 2. The van der Waals surface area contributed by atoms with Gasteiger partial charge in [-0.05, 0) is 38.1 Å². The van der Waals surface area contributed by atoms with Crippen LogP contribution in [0.4, 0.5) is 0 Å². The Morgan fingerprint density at radius 1 is 1.14 bits per heavy atom. The Bertz CT molecular complexity index is 1450. The largest absolute Gasteiger partial charge is 0.486 e. The minimum atomic E-state index is -3.67. The molecule has 0 radical (unpaired) electrons. The fourth-order valence-electron chi connectivity index (χ4n) is 3.40. The Morgan fingerprint density at radius 2 is 1.77 bits per heavy atom. The molecular weight excluding hydrogens is 494 g/mol. The second-order valence-electron chi connectivity index (χ2n) is 8.07. The molecule has 10 nitrogen and oxygen atoms in total. The zero-order valence-electron chi connectivity index (χ0n) is 19.7. The molecule has 4 rings (SSSR count). The quantitative estimate of drug-likeness (QED) is 0.459. The van der Waals surface area contributed by atoms with Gasteiger partial charge in [-0.1, -0.05) is 11.3 Å². The maximum Gasteiger partial charge on any atom is 0.325 e. The van der Waals surface area contributed by atoms with Gasteiger partial charge in [0.15, 0.2) is 16.3 Å². The third-order valence-electron chi connectivity index (χ3n) is 5.56. The highest BCUT2D eigenvalue weighted by Crippen LogP contribution is 2.35. The predicted molar refractivity (Wildman–Crippen MR) is 129 cm³/mol. The van der Waals surface area contributed by atoms with Gasteiger partial charge in [0.25, 0.3) is 5.91 Å². The van der Waals surface area contributed by atoms with Crippen LogP contribution in [0.25, 0.3) is 10.2 Å². The molecule has 0 aliphatic carbocycles. The number of nitrogens with zero attached hydrogens (tertiary/aromatic N) is 3. The first-order valence-electron chi connectivity index (χ1n) is 10.8. The maximum atomic E-state index is 13.0. The fraction of sp³-hybridized carbons (Fsp3) is 0.348. The van der Waals surface area contributed by atoms with Crippen LogP contribution >= 0.6 is 11.3 Å². The van der Waals surface area contributed by atoms with Crippen LogP contribution in [0.1, 0.15) is 24.2 Å². The van der Waals surface area contributed by atoms with E-state index in [0.29, 0.717) is 30.2 Å². The molecule has 35 heavy (non-hydrogen) atoms. The number of carbonyl (C=O) groups excluding carboxylic acids is 2. The van der Waals surface area contributed by atoms with Crippen molar-refractivity contribution in [2.45, 2.75) is 31.3 Å². The van der Waals surface area contributed by atoms with Crippen molar-refractivity contribution in [3.05, 3.63) is 46.8 Å². The molecule has 1 aromatic heterocycles. The van der Waals surface area contributed by atoms with Crippen LogP contribution < -0.4 is 14.3 Å². The number of rotatable bonds is 6. The number of methoxy groups -OCH3 is 1. The van der Waals surface area contributed by atoms with E-state index in [1.807, 2.05) is 0 Å². The average Bonchev–Trinajstić information content (AvgIpc) is 3.17. The maximum absolute atomic E-state index is 13.0. The van der Waals surface area contributed by atoms with E-state index in [4.69, 9.17) is 14.2 Å². The summed E-state index contributed by atoms with van der Waals surface area (Å²) in [6, 6.07) is 8.93. The van der Waals surface area contributed by atoms with Gasteiger partial charge in [0.1, 0.15) is 19.8 Å². The van der Waals surface area contributed by atoms with Crippen molar-refractivity contribution in [3.8, 4) is 11.5 Å². The summed E-state index contributed by atoms with van der Waals surface area (Å²) in [5, 5.41) is 0. The number of aromatic nitrogens is 1. The molecule has 0 fully saturated rings. The van der Waals surface area contributed by atoms with Gasteiger partial charge in [0, 0.05) is 30.8 Å². The van der Waals surface area contributed by atoms with Crippen LogP contribution in [-0.2, 0) is 26.1 Å². The first-order valence-corrected chi connectivity index (χ1v) is 13.0. The molecule has 186 valence electrons. The Kier molecular flexibility index (Phi) is 6.97. The molecule has 2 aromatic carbocycles. The Balaban J connectivity index is 1.74. The average molecular weight is 520 g/mol. The van der Waals surface area contributed by atoms with E-state index in [9.17, 15) is 18.0 Å². The van der Waals surface area contributed by atoms with Gasteiger partial charge in [0.05, 0.1) is 22.2 Å². The van der Waals surface area contributed by atoms with Gasteiger partial charge >= 0.3 is 5.97 Å². The van der Waals surface area contributed by atoms with Crippen LogP contribution in [-0.4, -0.2) is 62.6 Å². The van der Waals surface area contributed by atoms with E-state index >= 15 is 0 Å². The lowest BCUT2D eigenvalue weighted by Crippen LogP contribution is -2.33. The zero-order valence-corrected chi connectivity index (χ0v) is 21.3. The molecule has 3 aromatic rings. The lowest BCUT2D eigenvalue weighted by Gasteiger charge is -2.20. The normalized spacial score (nSPS) is 14.1. The highest BCUT2D eigenvalue weighted by molar-refractivity contribution is 7.89. The van der Waals surface area contributed by atoms with E-state index in [1.165, 1.54) is 54.1 Å². The standard InChI is InChI=1S/C23H25N3O7S2/c1-14(2)25(3)35(29,30)16-7-5-15(6-8-16)22(28)24-23-26(13-21(27)31-4)17-11-18-19(12-20(17)34-23)33-10-9-32-18/h5-8,11-12,14H,9-10,13H2,1-4H3. The van der Waals surface area contributed by atoms with Crippen molar-refractivity contribution in [2.24, 2.45) is 4.99 Å². The van der Waals surface area contributed by atoms with E-state index in [0.717, 1.165) is 4.70 Å². The first-order chi connectivity index (χ1) is 16.6. The van der Waals surface area contributed by atoms with Crippen LogP contribution in [0.15, 0.2) is 46.3 Å². The van der Waals surface area contributed by atoms with Crippen molar-refractivity contribution in [1.82, 2.24) is 8.87 Å². The van der Waals surface area contributed by atoms with Gasteiger partial charge in [-0.2, -0.15) is 9.30 Å². The summed E-state index contributed by atoms with van der Waals surface area (Å²) in [5.41, 5.74) is 0.860. The topological polar surface area (TPSA) is 117 Å². The first kappa shape index (κ1) is 24.9. The van der Waals surface area contributed by atoms with Crippen molar-refractivity contribution in [1.29, 1.82) is 0 Å². The van der Waals surface area contributed by atoms with E-state index in [1.54, 1.807) is 30.5 Å². The summed E-state index contributed by atoms with van der Waals surface area (Å²) in [6.45, 7) is 4.24. The molecule has 0 bridgehead atoms. The third-order valence-corrected chi connectivity index (χ3v) is 8.65. The van der Waals surface area contributed by atoms with Crippen molar-refractivity contribution in [2.75, 3.05) is 27.4 Å². The number of ether oxygens (including phenoxy) is 3. The van der Waals surface area contributed by atoms with Gasteiger partial charge in [0.2, 0.25) is 10.0 Å². The number of carbonyl (C=O) groups is 2. The number of esters is 1. The summed E-state index contributed by atoms with van der Waals surface area (Å²) >= 11 is 1.22. The van der Waals surface area contributed by atoms with Crippen LogP contribution in [0.2, 0.25) is 0 Å². The Hall–Kier alpha value is -3.22. The molecule has 1 aliphatic heterocycles. The summed E-state index contributed by atoms with van der Waals surface area (Å²) in [4.78, 5) is 29.6. The highest BCUT2D eigenvalue weighted by atomic mass is 32.2. The lowest BCUT2D eigenvalue weighted by atomic mass is 10.2. The molecule has 1 aliphatic rings. The lowest BCUT2D eigenvalue weighted by molar-refractivity contribution is -0.141. The summed E-state index contributed by atoms with van der Waals surface area (Å²) in [6.07, 6.45) is 0. The van der Waals surface area contributed by atoms with E-state index in [-0.39, 0.29) is 27.8 Å². The Morgan fingerprint density at radius 3 is 2.37 bits per heavy atom. The second-order valence-corrected chi connectivity index (χ2v) is 11.1. The van der Waals surface area contributed by atoms with Crippen molar-refractivity contribution in [3.63, 3.8) is 0 Å². The number of sulfonamides is 1. The Labute approximate surface area is 206 Å². The summed E-state index contributed by atoms with van der Waals surface area (Å²) in [7, 11) is -0.888. The number of hydrogen-bond acceptors (Lipinski definition) is 8. The molecule has 0 spiro atoms. The van der Waals surface area contributed by atoms with Crippen LogP contribution in [0.3, 0.4) is 0 Å². The van der Waals surface area contributed by atoms with E-state index < -0.39 is 21.9 Å². The molecular formula is C23H25N3O7S2. The molecule has 1 amide bonds. The molecule has 12 heteroatoms. The molecule has 2 heterocycles. The predicted octanol–water partition coefficient (Wildman–Crippen LogP) is 2.42. The van der Waals surface area contributed by atoms with Gasteiger partial charge in [-0.3, -0.25) is 9.59 Å². The van der Waals surface area contributed by atoms with Crippen molar-refractivity contribution < 1.29 is 32.2 Å². The number of fused-ring (bicyclic) bond motifs is 2. The van der Waals surface area contributed by atoms with Crippen LogP contribution in [0, 0.1) is 0 Å². The number of hydrogen-bond donors (Lipinski definition) is 0. The molecule has 0 N–H and O–H groups in total. The summed E-state index contributed by atoms with van der Waals surface area (Å²) < 4.78 is 45.0. The highest BCUT2D eigenvalue weighted by Gasteiger charge is 2.23. The SMILES string of the molecule is COC(=O)Cn1c(=NC(=O)c2ccc(S(=O)(=O)N(C)C(C)C)cc2)sc2cc3c(cc21)OCCO3. The fourth-order valence-corrected chi connectivity index (χ4v) is 5.81. The third kappa shape index (κ3) is 4.95. The van der Waals surface area contributed by atoms with Gasteiger partial charge in [-0.15, -0.1) is 0 Å². The minimum absolute atomic E-state index is 0.0819. The second kappa shape index (κ2) is 9.80. The zero-order chi connectivity index (χ0) is 25.3. The molecule has 0 saturated heterocycles. The van der Waals surface area contributed by atoms with E-state index in [2.05, 4.69) is 4.99 Å². The van der Waals surface area contributed by atoms with Gasteiger partial charge < -0.3 is 18.8 Å². The van der Waals surface area contributed by atoms with Gasteiger partial charge in [-0.25, -0.2) is 8.42 Å². The minimum Gasteiger partial charge on any atom is -0.486 e. The monoisotopic (exact) mass is 519 g/mol. The van der Waals surface area contributed by atoms with Crippen LogP contribution in [0.5, 0.6) is 11.5 Å². The summed E-state index contributed by atoms with van der Waals surface area (Å²) in [5.74, 6) is 0.0448. The van der Waals surface area contributed by atoms with Crippen molar-refractivity contribution >= 4 is 43.5 Å². The smallest absolute Gasteiger partial charge is 0.325 e.